The van der Waals surface area contributed by atoms with Crippen molar-refractivity contribution in [1.29, 1.82) is 0 Å². The summed E-state index contributed by atoms with van der Waals surface area (Å²) in [7, 11) is 1.73. The van der Waals surface area contributed by atoms with Gasteiger partial charge in [0, 0.05) is 5.39 Å². The van der Waals surface area contributed by atoms with E-state index in [1.165, 1.54) is 4.68 Å². The Bertz CT molecular complexity index is 960. The second kappa shape index (κ2) is 6.95. The molecule has 1 aromatic carbocycles. The summed E-state index contributed by atoms with van der Waals surface area (Å²) in [6, 6.07) is 11.6. The van der Waals surface area contributed by atoms with Gasteiger partial charge in [0.1, 0.15) is 31.1 Å². The van der Waals surface area contributed by atoms with Gasteiger partial charge in [0.25, 0.3) is 6.23 Å². The second-order valence-electron chi connectivity index (χ2n) is 6.62. The molecule has 1 aliphatic rings. The van der Waals surface area contributed by atoms with Crippen LogP contribution in [-0.2, 0) is 11.8 Å². The van der Waals surface area contributed by atoms with E-state index in [4.69, 9.17) is 4.74 Å². The SMILES string of the molecule is Cn1n[n+](C2OC(CO)C(O)C(O)C2O)cc1-c1ccc2ccccc2n1. The van der Waals surface area contributed by atoms with Gasteiger partial charge in [-0.15, -0.1) is 9.36 Å². The zero-order valence-corrected chi connectivity index (χ0v) is 14.6. The number of benzene rings is 1. The van der Waals surface area contributed by atoms with Crippen molar-refractivity contribution in [2.24, 2.45) is 7.05 Å². The van der Waals surface area contributed by atoms with Gasteiger partial charge >= 0.3 is 0 Å². The number of hydrogen-bond donors (Lipinski definition) is 4. The number of nitrogens with zero attached hydrogens (tertiary/aromatic N) is 4. The quantitative estimate of drug-likeness (QED) is 0.429. The summed E-state index contributed by atoms with van der Waals surface area (Å²) in [5, 5.41) is 44.9. The van der Waals surface area contributed by atoms with E-state index in [0.717, 1.165) is 10.9 Å². The molecule has 0 saturated carbocycles. The van der Waals surface area contributed by atoms with Crippen molar-refractivity contribution in [2.75, 3.05) is 6.61 Å². The molecule has 0 spiro atoms. The van der Waals surface area contributed by atoms with Crippen molar-refractivity contribution in [3.8, 4) is 11.4 Å². The number of aliphatic hydroxyl groups excluding tert-OH is 4. The van der Waals surface area contributed by atoms with Crippen LogP contribution in [0.3, 0.4) is 0 Å². The number of para-hydroxylation sites is 1. The van der Waals surface area contributed by atoms with Crippen molar-refractivity contribution in [3.63, 3.8) is 0 Å². The van der Waals surface area contributed by atoms with Gasteiger partial charge in [-0.25, -0.2) is 4.98 Å². The highest BCUT2D eigenvalue weighted by molar-refractivity contribution is 5.80. The van der Waals surface area contributed by atoms with E-state index in [2.05, 4.69) is 10.2 Å². The van der Waals surface area contributed by atoms with E-state index >= 15 is 0 Å². The van der Waals surface area contributed by atoms with Crippen LogP contribution in [0.25, 0.3) is 22.3 Å². The maximum Gasteiger partial charge on any atom is 0.253 e. The molecule has 1 fully saturated rings. The third-order valence-corrected chi connectivity index (χ3v) is 4.83. The number of aromatic nitrogens is 4. The third kappa shape index (κ3) is 3.09. The molecule has 4 rings (SSSR count). The minimum atomic E-state index is -1.46. The molecule has 1 aliphatic heterocycles. The minimum Gasteiger partial charge on any atom is -0.394 e. The van der Waals surface area contributed by atoms with E-state index in [1.54, 1.807) is 17.9 Å². The fourth-order valence-corrected chi connectivity index (χ4v) is 3.30. The summed E-state index contributed by atoms with van der Waals surface area (Å²) in [6.07, 6.45) is -4.68. The average Bonchev–Trinajstić information content (AvgIpc) is 3.07. The predicted octanol–water partition coefficient (Wildman–Crippen LogP) is -1.10. The van der Waals surface area contributed by atoms with Gasteiger partial charge in [-0.05, 0) is 12.1 Å². The first-order valence-corrected chi connectivity index (χ1v) is 8.61. The topological polar surface area (TPSA) is 125 Å². The lowest BCUT2D eigenvalue weighted by atomic mass is 9.98. The molecule has 9 heteroatoms. The molecule has 0 aliphatic carbocycles. The molecule has 0 bridgehead atoms. The van der Waals surface area contributed by atoms with Crippen molar-refractivity contribution in [1.82, 2.24) is 14.9 Å². The summed E-state index contributed by atoms with van der Waals surface area (Å²) in [5.41, 5.74) is 2.21. The molecule has 1 saturated heterocycles. The van der Waals surface area contributed by atoms with Crippen LogP contribution in [0.2, 0.25) is 0 Å². The maximum absolute atomic E-state index is 10.3. The molecular formula is C18H21N4O5+. The monoisotopic (exact) mass is 373 g/mol. The molecule has 5 unspecified atom stereocenters. The van der Waals surface area contributed by atoms with Crippen LogP contribution in [0.5, 0.6) is 0 Å². The van der Waals surface area contributed by atoms with Gasteiger partial charge in [0.2, 0.25) is 5.69 Å². The molecule has 0 amide bonds. The van der Waals surface area contributed by atoms with Crippen LogP contribution in [0, 0.1) is 0 Å². The van der Waals surface area contributed by atoms with E-state index in [9.17, 15) is 20.4 Å². The van der Waals surface area contributed by atoms with E-state index in [1.807, 2.05) is 36.4 Å². The number of aryl methyl sites for hydroxylation is 1. The summed E-state index contributed by atoms with van der Waals surface area (Å²) in [4.78, 5) is 4.64. The van der Waals surface area contributed by atoms with Crippen LogP contribution < -0.4 is 4.68 Å². The molecule has 9 nitrogen and oxygen atoms in total. The normalized spacial score (nSPS) is 28.6. The van der Waals surface area contributed by atoms with Gasteiger partial charge in [0.15, 0.2) is 12.3 Å². The number of pyridine rings is 1. The van der Waals surface area contributed by atoms with E-state index < -0.39 is 37.3 Å². The van der Waals surface area contributed by atoms with Gasteiger partial charge in [0.05, 0.1) is 17.3 Å². The molecule has 3 heterocycles. The number of hydrogen-bond acceptors (Lipinski definition) is 7. The van der Waals surface area contributed by atoms with Gasteiger partial charge in [-0.2, -0.15) is 0 Å². The summed E-state index contributed by atoms with van der Waals surface area (Å²) in [6.45, 7) is -0.492. The molecular weight excluding hydrogens is 352 g/mol. The van der Waals surface area contributed by atoms with Crippen molar-refractivity contribution in [2.45, 2.75) is 30.6 Å². The highest BCUT2D eigenvalue weighted by atomic mass is 16.6. The number of rotatable bonds is 3. The Hall–Kier alpha value is -2.43. The van der Waals surface area contributed by atoms with Gasteiger partial charge in [-0.1, -0.05) is 24.3 Å². The maximum atomic E-state index is 10.3. The van der Waals surface area contributed by atoms with Gasteiger partial charge < -0.3 is 25.2 Å². The molecule has 2 aromatic heterocycles. The molecule has 27 heavy (non-hydrogen) atoms. The lowest BCUT2D eigenvalue weighted by molar-refractivity contribution is -0.825. The van der Waals surface area contributed by atoms with Crippen LogP contribution in [-0.4, -0.2) is 66.3 Å². The van der Waals surface area contributed by atoms with Gasteiger partial charge in [-0.3, -0.25) is 0 Å². The zero-order chi connectivity index (χ0) is 19.1. The minimum absolute atomic E-state index is 0.492. The standard InChI is InChI=1S/C18H21N4O5/c1-21-13(12-7-6-10-4-2-3-5-11(10)19-12)8-22(20-21)18-17(26)16(25)15(24)14(9-23)27-18/h2-8,14-18,23-26H,9H2,1H3/q+1. The fraction of sp³-hybridized carbons (Fsp3) is 0.389. The Morgan fingerprint density at radius 1 is 1.07 bits per heavy atom. The molecule has 142 valence electrons. The summed E-state index contributed by atoms with van der Waals surface area (Å²) >= 11 is 0. The predicted molar refractivity (Wildman–Crippen MR) is 93.2 cm³/mol. The Balaban J connectivity index is 1.70. The second-order valence-corrected chi connectivity index (χ2v) is 6.62. The Labute approximate surface area is 154 Å². The van der Waals surface area contributed by atoms with Crippen LogP contribution >= 0.6 is 0 Å². The molecule has 3 aromatic rings. The van der Waals surface area contributed by atoms with E-state index in [-0.39, 0.29) is 0 Å². The molecule has 5 atom stereocenters. The summed E-state index contributed by atoms with van der Waals surface area (Å²) in [5.74, 6) is 0. The lowest BCUT2D eigenvalue weighted by Gasteiger charge is -2.37. The van der Waals surface area contributed by atoms with Crippen molar-refractivity contribution < 1.29 is 29.8 Å². The average molecular weight is 373 g/mol. The smallest absolute Gasteiger partial charge is 0.253 e. The third-order valence-electron chi connectivity index (χ3n) is 4.83. The van der Waals surface area contributed by atoms with E-state index in [0.29, 0.717) is 11.4 Å². The fourth-order valence-electron chi connectivity index (χ4n) is 3.30. The van der Waals surface area contributed by atoms with Crippen LogP contribution in [0.15, 0.2) is 42.6 Å². The Morgan fingerprint density at radius 3 is 2.63 bits per heavy atom. The zero-order valence-electron chi connectivity index (χ0n) is 14.6. The first-order chi connectivity index (χ1) is 13.0. The molecule has 4 N–H and O–H groups in total. The highest BCUT2D eigenvalue weighted by Gasteiger charge is 2.47. The number of ether oxygens (including phenoxy) is 1. The first kappa shape index (κ1) is 18.0. The highest BCUT2D eigenvalue weighted by Crippen LogP contribution is 2.25. The summed E-state index contributed by atoms with van der Waals surface area (Å²) < 4.78 is 8.49. The molecule has 0 radical (unpaired) electrons. The van der Waals surface area contributed by atoms with Crippen molar-refractivity contribution >= 4 is 10.9 Å². The first-order valence-electron chi connectivity index (χ1n) is 8.61. The van der Waals surface area contributed by atoms with Crippen LogP contribution in [0.4, 0.5) is 0 Å². The number of fused-ring (bicyclic) bond motifs is 1. The Kier molecular flexibility index (Phi) is 4.62. The van der Waals surface area contributed by atoms with Crippen LogP contribution in [0.1, 0.15) is 6.23 Å². The lowest BCUT2D eigenvalue weighted by Crippen LogP contribution is -2.63. The number of aliphatic hydroxyl groups is 4. The Morgan fingerprint density at radius 2 is 1.85 bits per heavy atom. The van der Waals surface area contributed by atoms with Crippen molar-refractivity contribution in [3.05, 3.63) is 42.6 Å². The largest absolute Gasteiger partial charge is 0.394 e.